The van der Waals surface area contributed by atoms with Gasteiger partial charge in [0.05, 0.1) is 24.6 Å². The van der Waals surface area contributed by atoms with Crippen molar-refractivity contribution >= 4 is 5.84 Å². The second-order valence-electron chi connectivity index (χ2n) is 3.41. The lowest BCUT2D eigenvalue weighted by molar-refractivity contribution is 0.386. The summed E-state index contributed by atoms with van der Waals surface area (Å²) >= 11 is 0. The molecule has 5 nitrogen and oxygen atoms in total. The quantitative estimate of drug-likeness (QED) is 0.620. The van der Waals surface area contributed by atoms with Gasteiger partial charge in [-0.1, -0.05) is 0 Å². The van der Waals surface area contributed by atoms with Gasteiger partial charge in [0, 0.05) is 12.3 Å². The monoisotopic (exact) mass is 234 g/mol. The Bertz CT molecular complexity index is 564. The van der Waals surface area contributed by atoms with Crippen LogP contribution in [0.2, 0.25) is 0 Å². The van der Waals surface area contributed by atoms with Crippen molar-refractivity contribution in [2.24, 2.45) is 5.73 Å². The zero-order valence-corrected chi connectivity index (χ0v) is 9.14. The molecule has 1 aromatic carbocycles. The summed E-state index contributed by atoms with van der Waals surface area (Å²) in [6.07, 6.45) is 3.01. The van der Waals surface area contributed by atoms with Gasteiger partial charge >= 0.3 is 0 Å². The number of nitrogen functional groups attached to an aromatic ring is 1. The van der Waals surface area contributed by atoms with Gasteiger partial charge in [-0.2, -0.15) is 5.10 Å². The number of rotatable bonds is 3. The van der Waals surface area contributed by atoms with Crippen LogP contribution in [0.3, 0.4) is 0 Å². The molecule has 0 saturated carbocycles. The fourth-order valence-electron chi connectivity index (χ4n) is 1.40. The van der Waals surface area contributed by atoms with Crippen molar-refractivity contribution in [2.45, 2.75) is 0 Å². The van der Waals surface area contributed by atoms with Crippen LogP contribution in [-0.2, 0) is 0 Å². The van der Waals surface area contributed by atoms with E-state index in [2.05, 4.69) is 5.10 Å². The van der Waals surface area contributed by atoms with Gasteiger partial charge in [0.2, 0.25) is 0 Å². The van der Waals surface area contributed by atoms with E-state index in [9.17, 15) is 4.39 Å². The van der Waals surface area contributed by atoms with Crippen molar-refractivity contribution in [3.63, 3.8) is 0 Å². The zero-order valence-electron chi connectivity index (χ0n) is 9.14. The van der Waals surface area contributed by atoms with Gasteiger partial charge in [0.25, 0.3) is 0 Å². The molecule has 0 aliphatic carbocycles. The average Bonchev–Trinajstić information content (AvgIpc) is 2.78. The third-order valence-corrected chi connectivity index (χ3v) is 2.29. The van der Waals surface area contributed by atoms with Crippen molar-refractivity contribution < 1.29 is 9.13 Å². The Kier molecular flexibility index (Phi) is 2.78. The van der Waals surface area contributed by atoms with Crippen LogP contribution in [0.5, 0.6) is 5.75 Å². The van der Waals surface area contributed by atoms with Crippen LogP contribution in [0.15, 0.2) is 30.6 Å². The van der Waals surface area contributed by atoms with E-state index in [1.807, 2.05) is 0 Å². The maximum absolute atomic E-state index is 13.5. The van der Waals surface area contributed by atoms with Crippen LogP contribution < -0.4 is 10.5 Å². The normalized spacial score (nSPS) is 10.2. The molecule has 0 amide bonds. The molecule has 0 bridgehead atoms. The van der Waals surface area contributed by atoms with Gasteiger partial charge in [0.1, 0.15) is 5.84 Å². The SMILES string of the molecule is COc1ccc(-n2cc(C(=N)N)cn2)cc1F. The summed E-state index contributed by atoms with van der Waals surface area (Å²) in [5.74, 6) is -0.372. The molecule has 0 aliphatic rings. The Hall–Kier alpha value is -2.37. The highest BCUT2D eigenvalue weighted by Crippen LogP contribution is 2.19. The summed E-state index contributed by atoms with van der Waals surface area (Å²) in [6, 6.07) is 4.48. The van der Waals surface area contributed by atoms with Crippen molar-refractivity contribution in [1.29, 1.82) is 5.41 Å². The second-order valence-corrected chi connectivity index (χ2v) is 3.41. The smallest absolute Gasteiger partial charge is 0.167 e. The number of methoxy groups -OCH3 is 1. The first-order valence-corrected chi connectivity index (χ1v) is 4.85. The summed E-state index contributed by atoms with van der Waals surface area (Å²) in [5, 5.41) is 11.2. The van der Waals surface area contributed by atoms with E-state index in [0.29, 0.717) is 11.3 Å². The number of halogens is 1. The highest BCUT2D eigenvalue weighted by molar-refractivity contribution is 5.94. The summed E-state index contributed by atoms with van der Waals surface area (Å²) in [7, 11) is 1.40. The van der Waals surface area contributed by atoms with Crippen molar-refractivity contribution in [1.82, 2.24) is 9.78 Å². The molecule has 0 spiro atoms. The molecular formula is C11H11FN4O. The number of aromatic nitrogens is 2. The molecule has 0 atom stereocenters. The van der Waals surface area contributed by atoms with Gasteiger partial charge in [-0.25, -0.2) is 9.07 Å². The first-order chi connectivity index (χ1) is 8.11. The Morgan fingerprint density at radius 2 is 2.29 bits per heavy atom. The zero-order chi connectivity index (χ0) is 12.4. The minimum absolute atomic E-state index is 0.0785. The van der Waals surface area contributed by atoms with E-state index in [4.69, 9.17) is 15.9 Å². The number of ether oxygens (including phenoxy) is 1. The standard InChI is InChI=1S/C11H11FN4O/c1-17-10-3-2-8(4-9(10)12)16-6-7(5-15-16)11(13)14/h2-6H,1H3,(H3,13,14). The molecule has 88 valence electrons. The fourth-order valence-corrected chi connectivity index (χ4v) is 1.40. The molecule has 0 radical (unpaired) electrons. The molecule has 0 unspecified atom stereocenters. The third kappa shape index (κ3) is 2.10. The highest BCUT2D eigenvalue weighted by Gasteiger charge is 2.07. The number of nitrogens with two attached hydrogens (primary N) is 1. The van der Waals surface area contributed by atoms with Crippen LogP contribution in [0, 0.1) is 11.2 Å². The molecule has 2 rings (SSSR count). The summed E-state index contributed by atoms with van der Waals surface area (Å²) in [6.45, 7) is 0. The lowest BCUT2D eigenvalue weighted by Gasteiger charge is -2.04. The Morgan fingerprint density at radius 3 is 2.82 bits per heavy atom. The average molecular weight is 234 g/mol. The number of nitrogens with zero attached hydrogens (tertiary/aromatic N) is 2. The van der Waals surface area contributed by atoms with Crippen molar-refractivity contribution in [3.8, 4) is 11.4 Å². The number of nitrogens with one attached hydrogen (secondary N) is 1. The molecule has 0 fully saturated rings. The van der Waals surface area contributed by atoms with Crippen molar-refractivity contribution in [2.75, 3.05) is 7.11 Å². The predicted molar refractivity (Wildman–Crippen MR) is 61.1 cm³/mol. The van der Waals surface area contributed by atoms with Crippen LogP contribution in [0.25, 0.3) is 5.69 Å². The maximum atomic E-state index is 13.5. The number of benzene rings is 1. The number of hydrogen-bond acceptors (Lipinski definition) is 3. The van der Waals surface area contributed by atoms with Crippen LogP contribution >= 0.6 is 0 Å². The number of amidine groups is 1. The van der Waals surface area contributed by atoms with Gasteiger partial charge in [-0.3, -0.25) is 5.41 Å². The van der Waals surface area contributed by atoms with E-state index >= 15 is 0 Å². The molecule has 1 heterocycles. The molecule has 2 aromatic rings. The molecular weight excluding hydrogens is 223 g/mol. The first-order valence-electron chi connectivity index (χ1n) is 4.85. The molecule has 6 heteroatoms. The molecule has 3 N–H and O–H groups in total. The van der Waals surface area contributed by atoms with Crippen LogP contribution in [-0.4, -0.2) is 22.7 Å². The fraction of sp³-hybridized carbons (Fsp3) is 0.0909. The van der Waals surface area contributed by atoms with Crippen LogP contribution in [0.4, 0.5) is 4.39 Å². The molecule has 0 aliphatic heterocycles. The van der Waals surface area contributed by atoms with Gasteiger partial charge in [-0.05, 0) is 12.1 Å². The molecule has 17 heavy (non-hydrogen) atoms. The van der Waals surface area contributed by atoms with E-state index in [1.165, 1.54) is 30.1 Å². The third-order valence-electron chi connectivity index (χ3n) is 2.29. The van der Waals surface area contributed by atoms with Crippen molar-refractivity contribution in [3.05, 3.63) is 42.0 Å². The first kappa shape index (κ1) is 11.1. The van der Waals surface area contributed by atoms with E-state index in [1.54, 1.807) is 12.3 Å². The minimum atomic E-state index is -0.468. The van der Waals surface area contributed by atoms with E-state index in [-0.39, 0.29) is 11.6 Å². The lowest BCUT2D eigenvalue weighted by atomic mass is 10.3. The summed E-state index contributed by atoms with van der Waals surface area (Å²) < 4.78 is 19.7. The Morgan fingerprint density at radius 1 is 1.53 bits per heavy atom. The second kappa shape index (κ2) is 4.25. The van der Waals surface area contributed by atoms with Crippen LogP contribution in [0.1, 0.15) is 5.56 Å². The maximum Gasteiger partial charge on any atom is 0.167 e. The predicted octanol–water partition coefficient (Wildman–Crippen LogP) is 1.30. The summed E-state index contributed by atoms with van der Waals surface area (Å²) in [5.41, 5.74) is 6.34. The minimum Gasteiger partial charge on any atom is -0.494 e. The Labute approximate surface area is 97.1 Å². The van der Waals surface area contributed by atoms with Gasteiger partial charge < -0.3 is 10.5 Å². The molecule has 1 aromatic heterocycles. The largest absolute Gasteiger partial charge is 0.494 e. The highest BCUT2D eigenvalue weighted by atomic mass is 19.1. The van der Waals surface area contributed by atoms with E-state index < -0.39 is 5.82 Å². The topological polar surface area (TPSA) is 76.9 Å². The lowest BCUT2D eigenvalue weighted by Crippen LogP contribution is -2.09. The number of hydrogen-bond donors (Lipinski definition) is 2. The summed E-state index contributed by atoms with van der Waals surface area (Å²) in [4.78, 5) is 0. The van der Waals surface area contributed by atoms with Gasteiger partial charge in [-0.15, -0.1) is 0 Å². The van der Waals surface area contributed by atoms with E-state index in [0.717, 1.165) is 0 Å². The Balaban J connectivity index is 2.39. The molecule has 0 saturated heterocycles. The van der Waals surface area contributed by atoms with Gasteiger partial charge in [0.15, 0.2) is 11.6 Å².